The second-order valence-electron chi connectivity index (χ2n) is 4.32. The molecule has 0 saturated heterocycles. The summed E-state index contributed by atoms with van der Waals surface area (Å²) in [7, 11) is 1.71. The molecule has 2 rings (SSSR count). The molecular weight excluding hydrogens is 290 g/mol. The van der Waals surface area contributed by atoms with Gasteiger partial charge in [-0.2, -0.15) is 0 Å². The summed E-state index contributed by atoms with van der Waals surface area (Å²) in [5, 5.41) is 11.3. The van der Waals surface area contributed by atoms with Crippen molar-refractivity contribution in [3.05, 3.63) is 34.8 Å². The Morgan fingerprint density at radius 2 is 2.30 bits per heavy atom. The minimum Gasteiger partial charge on any atom is -0.496 e. The van der Waals surface area contributed by atoms with E-state index in [0.29, 0.717) is 0 Å². The summed E-state index contributed by atoms with van der Waals surface area (Å²) in [6, 6.07) is 6.36. The van der Waals surface area contributed by atoms with Crippen molar-refractivity contribution >= 4 is 23.1 Å². The predicted molar refractivity (Wildman–Crippen MR) is 84.5 cm³/mol. The van der Waals surface area contributed by atoms with Crippen molar-refractivity contribution in [1.29, 1.82) is 0 Å². The molecule has 0 fully saturated rings. The van der Waals surface area contributed by atoms with Crippen LogP contribution in [-0.2, 0) is 12.3 Å². The Morgan fingerprint density at radius 3 is 3.00 bits per heavy atom. The van der Waals surface area contributed by atoms with E-state index in [1.54, 1.807) is 35.7 Å². The number of hydrogen-bond donors (Lipinski definition) is 1. The lowest BCUT2D eigenvalue weighted by molar-refractivity contribution is 0.411. The number of nitrogens with zero attached hydrogens (tertiary/aromatic N) is 2. The first-order valence-electron chi connectivity index (χ1n) is 6.59. The number of ether oxygens (including phenoxy) is 1. The molecule has 0 aliphatic rings. The van der Waals surface area contributed by atoms with Crippen LogP contribution in [0, 0.1) is 0 Å². The highest BCUT2D eigenvalue weighted by Crippen LogP contribution is 2.29. The van der Waals surface area contributed by atoms with Gasteiger partial charge in [0.15, 0.2) is 4.34 Å². The van der Waals surface area contributed by atoms with E-state index >= 15 is 0 Å². The second kappa shape index (κ2) is 8.24. The molecule has 6 heteroatoms. The van der Waals surface area contributed by atoms with Crippen LogP contribution in [0.3, 0.4) is 0 Å². The van der Waals surface area contributed by atoms with Crippen LogP contribution in [0.4, 0.5) is 0 Å². The maximum absolute atomic E-state index is 5.43. The number of nitrogens with one attached hydrogen (secondary N) is 1. The van der Waals surface area contributed by atoms with Crippen LogP contribution in [-0.4, -0.2) is 23.9 Å². The third kappa shape index (κ3) is 4.47. The Balaban J connectivity index is 2.02. The zero-order valence-corrected chi connectivity index (χ0v) is 13.4. The van der Waals surface area contributed by atoms with E-state index in [0.717, 1.165) is 35.4 Å². The van der Waals surface area contributed by atoms with Crippen molar-refractivity contribution < 1.29 is 4.74 Å². The second-order valence-corrected chi connectivity index (χ2v) is 6.37. The third-order valence-corrected chi connectivity index (χ3v) is 4.70. The van der Waals surface area contributed by atoms with Gasteiger partial charge in [0.2, 0.25) is 0 Å². The lowest BCUT2D eigenvalue weighted by atomic mass is 10.1. The lowest BCUT2D eigenvalue weighted by Gasteiger charge is -2.10. The van der Waals surface area contributed by atoms with Crippen molar-refractivity contribution in [2.45, 2.75) is 30.0 Å². The van der Waals surface area contributed by atoms with Crippen LogP contribution in [0.15, 0.2) is 28.0 Å². The third-order valence-electron chi connectivity index (χ3n) is 2.79. The van der Waals surface area contributed by atoms with Crippen molar-refractivity contribution in [3.63, 3.8) is 0 Å². The van der Waals surface area contributed by atoms with Crippen LogP contribution < -0.4 is 10.1 Å². The summed E-state index contributed by atoms with van der Waals surface area (Å²) in [5.74, 6) is 1.78. The summed E-state index contributed by atoms with van der Waals surface area (Å²) in [6.45, 7) is 4.11. The quantitative estimate of drug-likeness (QED) is 0.598. The zero-order chi connectivity index (χ0) is 14.2. The molecule has 0 aliphatic heterocycles. The molecule has 0 bridgehead atoms. The molecular formula is C14H19N3OS2. The van der Waals surface area contributed by atoms with Crippen molar-refractivity contribution in [2.24, 2.45) is 0 Å². The van der Waals surface area contributed by atoms with Gasteiger partial charge in [-0.15, -0.1) is 10.2 Å². The van der Waals surface area contributed by atoms with Gasteiger partial charge in [0.05, 0.1) is 7.11 Å². The average Bonchev–Trinajstić information content (AvgIpc) is 2.99. The van der Waals surface area contributed by atoms with Gasteiger partial charge in [-0.25, -0.2) is 0 Å². The Kier molecular flexibility index (Phi) is 6.29. The number of methoxy groups -OCH3 is 1. The topological polar surface area (TPSA) is 47.0 Å². The molecule has 1 aromatic carbocycles. The number of aromatic nitrogens is 2. The SMILES string of the molecule is CCCNCc1ccc(OC)c(CSc2nncs2)c1. The standard InChI is InChI=1S/C14H19N3OS2/c1-3-6-15-8-11-4-5-13(18-2)12(7-11)9-19-14-17-16-10-20-14/h4-5,7,10,15H,3,6,8-9H2,1-2H3. The number of benzene rings is 1. The van der Waals surface area contributed by atoms with Crippen LogP contribution >= 0.6 is 23.1 Å². The fourth-order valence-electron chi connectivity index (χ4n) is 1.83. The van der Waals surface area contributed by atoms with E-state index in [-0.39, 0.29) is 0 Å². The zero-order valence-electron chi connectivity index (χ0n) is 11.8. The summed E-state index contributed by atoms with van der Waals surface area (Å²) >= 11 is 3.26. The molecule has 1 heterocycles. The van der Waals surface area contributed by atoms with Crippen LogP contribution in [0.2, 0.25) is 0 Å². The summed E-state index contributed by atoms with van der Waals surface area (Å²) in [4.78, 5) is 0. The van der Waals surface area contributed by atoms with Gasteiger partial charge < -0.3 is 10.1 Å². The molecule has 0 unspecified atom stereocenters. The highest BCUT2D eigenvalue weighted by atomic mass is 32.2. The van der Waals surface area contributed by atoms with Crippen LogP contribution in [0.25, 0.3) is 0 Å². The predicted octanol–water partition coefficient (Wildman–Crippen LogP) is 3.34. The van der Waals surface area contributed by atoms with Crippen molar-refractivity contribution in [2.75, 3.05) is 13.7 Å². The molecule has 1 aromatic heterocycles. The van der Waals surface area contributed by atoms with Gasteiger partial charge in [-0.05, 0) is 30.7 Å². The molecule has 0 saturated carbocycles. The summed E-state index contributed by atoms with van der Waals surface area (Å²) in [5.41, 5.74) is 4.24. The van der Waals surface area contributed by atoms with Gasteiger partial charge in [0.1, 0.15) is 11.3 Å². The first kappa shape index (κ1) is 15.3. The van der Waals surface area contributed by atoms with Crippen LogP contribution in [0.5, 0.6) is 5.75 Å². The average molecular weight is 309 g/mol. The van der Waals surface area contributed by atoms with E-state index in [4.69, 9.17) is 4.74 Å². The highest BCUT2D eigenvalue weighted by molar-refractivity contribution is 8.00. The van der Waals surface area contributed by atoms with Crippen molar-refractivity contribution in [1.82, 2.24) is 15.5 Å². The molecule has 20 heavy (non-hydrogen) atoms. The normalized spacial score (nSPS) is 10.7. The van der Waals surface area contributed by atoms with E-state index < -0.39 is 0 Å². The lowest BCUT2D eigenvalue weighted by Crippen LogP contribution is -2.13. The smallest absolute Gasteiger partial charge is 0.174 e. The Hall–Kier alpha value is -1.11. The molecule has 1 N–H and O–H groups in total. The number of thioether (sulfide) groups is 1. The molecule has 0 atom stereocenters. The maximum atomic E-state index is 5.43. The van der Waals surface area contributed by atoms with E-state index in [2.05, 4.69) is 34.6 Å². The summed E-state index contributed by atoms with van der Waals surface area (Å²) in [6.07, 6.45) is 1.15. The molecule has 108 valence electrons. The van der Waals surface area contributed by atoms with E-state index in [9.17, 15) is 0 Å². The van der Waals surface area contributed by atoms with Gasteiger partial charge in [-0.3, -0.25) is 0 Å². The molecule has 0 aliphatic carbocycles. The van der Waals surface area contributed by atoms with Crippen LogP contribution in [0.1, 0.15) is 24.5 Å². The van der Waals surface area contributed by atoms with Gasteiger partial charge >= 0.3 is 0 Å². The van der Waals surface area contributed by atoms with Gasteiger partial charge in [0.25, 0.3) is 0 Å². The monoisotopic (exact) mass is 309 g/mol. The fraction of sp³-hybridized carbons (Fsp3) is 0.429. The molecule has 0 amide bonds. The molecule has 0 radical (unpaired) electrons. The first-order chi connectivity index (χ1) is 9.83. The fourth-order valence-corrected chi connectivity index (χ4v) is 3.30. The molecule has 4 nitrogen and oxygen atoms in total. The Labute approximate surface area is 128 Å². The van der Waals surface area contributed by atoms with Gasteiger partial charge in [0, 0.05) is 17.9 Å². The van der Waals surface area contributed by atoms with E-state index in [1.165, 1.54) is 11.1 Å². The molecule has 2 aromatic rings. The molecule has 0 spiro atoms. The largest absolute Gasteiger partial charge is 0.496 e. The van der Waals surface area contributed by atoms with Crippen molar-refractivity contribution in [3.8, 4) is 5.75 Å². The first-order valence-corrected chi connectivity index (χ1v) is 8.45. The Bertz CT molecular complexity index is 517. The minimum atomic E-state index is 0.847. The van der Waals surface area contributed by atoms with E-state index in [1.807, 2.05) is 6.07 Å². The Morgan fingerprint density at radius 1 is 1.40 bits per heavy atom. The summed E-state index contributed by atoms with van der Waals surface area (Å²) < 4.78 is 6.42. The number of rotatable bonds is 8. The number of hydrogen-bond acceptors (Lipinski definition) is 6. The highest BCUT2D eigenvalue weighted by Gasteiger charge is 2.07. The van der Waals surface area contributed by atoms with Gasteiger partial charge in [-0.1, -0.05) is 36.1 Å². The minimum absolute atomic E-state index is 0.847. The maximum Gasteiger partial charge on any atom is 0.174 e.